The maximum absolute atomic E-state index is 11.4. The van der Waals surface area contributed by atoms with E-state index in [1.54, 1.807) is 0 Å². The van der Waals surface area contributed by atoms with Crippen molar-refractivity contribution in [3.63, 3.8) is 0 Å². The Hall–Kier alpha value is 0.0800. The van der Waals surface area contributed by atoms with Gasteiger partial charge < -0.3 is 4.90 Å². The minimum absolute atomic E-state index is 0. The molecule has 0 aliphatic carbocycles. The molecule has 0 rings (SSSR count). The lowest BCUT2D eigenvalue weighted by Gasteiger charge is -2.17. The summed E-state index contributed by atoms with van der Waals surface area (Å²) in [6.45, 7) is 6.50. The van der Waals surface area contributed by atoms with Crippen LogP contribution in [-0.2, 0) is 4.79 Å². The Morgan fingerprint density at radius 3 is 0.900 bits per heavy atom. The predicted octanol–water partition coefficient (Wildman–Crippen LogP) is 13.2. The molecule has 0 N–H and O–H groups in total. The number of amides is 1. The van der Waals surface area contributed by atoms with E-state index < -0.39 is 0 Å². The van der Waals surface area contributed by atoms with Crippen LogP contribution in [0.2, 0.25) is 0 Å². The number of halogens is 3. The number of allylic oxidation sites excluding steroid dienone is 2. The van der Waals surface area contributed by atoms with Crippen molar-refractivity contribution >= 4 is 43.6 Å². The van der Waals surface area contributed by atoms with Crippen LogP contribution in [0.4, 0.5) is 0 Å². The van der Waals surface area contributed by atoms with Gasteiger partial charge in [-0.25, -0.2) is 0 Å². The fourth-order valence-electron chi connectivity index (χ4n) is 5.29. The summed E-state index contributed by atoms with van der Waals surface area (Å²) < 4.78 is 0. The van der Waals surface area contributed by atoms with Gasteiger partial charge in [0, 0.05) is 13.1 Å². The molecule has 0 aromatic heterocycles. The van der Waals surface area contributed by atoms with Gasteiger partial charge >= 0.3 is 0 Å². The standard InChI is InChI=1S/C35H69NO.3ClH/c1-3-5-7-9-11-13-15-17-19-20-22-24-26-28-30-32-34-36(35-37)33-31-29-27-25-23-21-18-16-14-12-10-8-6-4-2;;;/h17,19,35H,3-16,18,20-34H2,1-2H3;3*1H/b19-17-;;;. The molecule has 0 saturated carbocycles. The number of hydrogen-bond acceptors (Lipinski definition) is 1. The topological polar surface area (TPSA) is 20.3 Å². The first-order chi connectivity index (χ1) is 18.3. The molecule has 40 heavy (non-hydrogen) atoms. The average molecular weight is 629 g/mol. The van der Waals surface area contributed by atoms with Crippen LogP contribution in [0.5, 0.6) is 0 Å². The SMILES string of the molecule is CCCCCCCC/C=C\CCCCCCCCN(C=O)CCCCCCCCCCCCCCCC.Cl.Cl.Cl. The molecular weight excluding hydrogens is 557 g/mol. The summed E-state index contributed by atoms with van der Waals surface area (Å²) in [6.07, 6.45) is 44.1. The van der Waals surface area contributed by atoms with Crippen molar-refractivity contribution in [2.24, 2.45) is 0 Å². The second-order valence-electron chi connectivity index (χ2n) is 11.7. The molecule has 244 valence electrons. The van der Waals surface area contributed by atoms with Gasteiger partial charge in [0.1, 0.15) is 0 Å². The molecule has 0 spiro atoms. The molecule has 0 aromatic carbocycles. The molecule has 0 heterocycles. The Morgan fingerprint density at radius 2 is 0.625 bits per heavy atom. The summed E-state index contributed by atoms with van der Waals surface area (Å²) in [5.74, 6) is 0. The maximum Gasteiger partial charge on any atom is 0.209 e. The highest BCUT2D eigenvalue weighted by Gasteiger charge is 2.01. The third kappa shape index (κ3) is 40.2. The lowest BCUT2D eigenvalue weighted by Crippen LogP contribution is -2.24. The molecular formula is C35H72Cl3NO. The van der Waals surface area contributed by atoms with E-state index in [4.69, 9.17) is 0 Å². The number of carbonyl (C=O) groups excluding carboxylic acids is 1. The molecule has 0 aromatic rings. The molecule has 0 atom stereocenters. The van der Waals surface area contributed by atoms with Crippen molar-refractivity contribution in [1.82, 2.24) is 4.90 Å². The normalized spacial score (nSPS) is 10.7. The van der Waals surface area contributed by atoms with Crippen molar-refractivity contribution in [2.45, 2.75) is 194 Å². The average Bonchev–Trinajstić information content (AvgIpc) is 2.91. The minimum atomic E-state index is 0. The molecule has 0 radical (unpaired) electrons. The Balaban J connectivity index is -0.00000216. The first kappa shape index (κ1) is 47.0. The monoisotopic (exact) mass is 627 g/mol. The number of nitrogens with zero attached hydrogens (tertiary/aromatic N) is 1. The van der Waals surface area contributed by atoms with E-state index in [0.717, 1.165) is 19.5 Å². The van der Waals surface area contributed by atoms with Crippen molar-refractivity contribution in [3.8, 4) is 0 Å². The van der Waals surface area contributed by atoms with Crippen molar-refractivity contribution in [3.05, 3.63) is 12.2 Å². The third-order valence-corrected chi connectivity index (χ3v) is 7.91. The van der Waals surface area contributed by atoms with Gasteiger partial charge in [-0.3, -0.25) is 4.79 Å². The second-order valence-corrected chi connectivity index (χ2v) is 11.7. The van der Waals surface area contributed by atoms with E-state index in [0.29, 0.717) is 0 Å². The van der Waals surface area contributed by atoms with Crippen LogP contribution in [0.3, 0.4) is 0 Å². The summed E-state index contributed by atoms with van der Waals surface area (Å²) in [4.78, 5) is 13.4. The van der Waals surface area contributed by atoms with E-state index >= 15 is 0 Å². The van der Waals surface area contributed by atoms with Crippen LogP contribution in [0.1, 0.15) is 194 Å². The van der Waals surface area contributed by atoms with Gasteiger partial charge in [-0.15, -0.1) is 37.2 Å². The van der Waals surface area contributed by atoms with Crippen LogP contribution >= 0.6 is 37.2 Å². The zero-order chi connectivity index (χ0) is 26.9. The fourth-order valence-corrected chi connectivity index (χ4v) is 5.29. The smallest absolute Gasteiger partial charge is 0.209 e. The molecule has 0 saturated heterocycles. The molecule has 5 heteroatoms. The Bertz CT molecular complexity index is 462. The molecule has 0 bridgehead atoms. The zero-order valence-electron chi connectivity index (χ0n) is 27.0. The van der Waals surface area contributed by atoms with Crippen molar-refractivity contribution in [1.29, 1.82) is 0 Å². The van der Waals surface area contributed by atoms with E-state index in [1.165, 1.54) is 180 Å². The number of unbranched alkanes of at least 4 members (excludes halogenated alkanes) is 25. The van der Waals surface area contributed by atoms with Crippen LogP contribution in [0, 0.1) is 0 Å². The number of rotatable bonds is 32. The van der Waals surface area contributed by atoms with E-state index in [1.807, 2.05) is 4.90 Å². The molecule has 0 fully saturated rings. The van der Waals surface area contributed by atoms with Gasteiger partial charge in [0.15, 0.2) is 0 Å². The van der Waals surface area contributed by atoms with Crippen LogP contribution in [0.15, 0.2) is 12.2 Å². The Morgan fingerprint density at radius 1 is 0.375 bits per heavy atom. The summed E-state index contributed by atoms with van der Waals surface area (Å²) in [6, 6.07) is 0. The summed E-state index contributed by atoms with van der Waals surface area (Å²) >= 11 is 0. The van der Waals surface area contributed by atoms with Gasteiger partial charge in [-0.05, 0) is 38.5 Å². The molecule has 2 nitrogen and oxygen atoms in total. The molecule has 1 amide bonds. The highest BCUT2D eigenvalue weighted by Crippen LogP contribution is 2.14. The largest absolute Gasteiger partial charge is 0.345 e. The van der Waals surface area contributed by atoms with Crippen LogP contribution in [-0.4, -0.2) is 24.4 Å². The molecule has 0 unspecified atom stereocenters. The summed E-state index contributed by atoms with van der Waals surface area (Å²) in [5, 5.41) is 0. The van der Waals surface area contributed by atoms with Gasteiger partial charge in [0.05, 0.1) is 0 Å². The third-order valence-electron chi connectivity index (χ3n) is 7.91. The first-order valence-electron chi connectivity index (χ1n) is 17.2. The summed E-state index contributed by atoms with van der Waals surface area (Å²) in [5.41, 5.74) is 0. The zero-order valence-corrected chi connectivity index (χ0v) is 29.5. The highest BCUT2D eigenvalue weighted by molar-refractivity contribution is 5.86. The quantitative estimate of drug-likeness (QED) is 0.0412. The fraction of sp³-hybridized carbons (Fsp3) is 0.914. The summed E-state index contributed by atoms with van der Waals surface area (Å²) in [7, 11) is 0. The minimum Gasteiger partial charge on any atom is -0.345 e. The van der Waals surface area contributed by atoms with E-state index in [9.17, 15) is 4.79 Å². The predicted molar refractivity (Wildman–Crippen MR) is 189 cm³/mol. The Labute approximate surface area is 271 Å². The number of hydrogen-bond donors (Lipinski definition) is 0. The van der Waals surface area contributed by atoms with Gasteiger partial charge in [-0.2, -0.15) is 0 Å². The lowest BCUT2D eigenvalue weighted by molar-refractivity contribution is -0.118. The second kappa shape index (κ2) is 43.5. The maximum atomic E-state index is 11.4. The number of carbonyl (C=O) groups is 1. The first-order valence-corrected chi connectivity index (χ1v) is 17.2. The van der Waals surface area contributed by atoms with Gasteiger partial charge in [-0.1, -0.05) is 167 Å². The van der Waals surface area contributed by atoms with Gasteiger partial charge in [0.25, 0.3) is 0 Å². The van der Waals surface area contributed by atoms with Gasteiger partial charge in [0.2, 0.25) is 6.41 Å². The van der Waals surface area contributed by atoms with Crippen molar-refractivity contribution < 1.29 is 4.79 Å². The highest BCUT2D eigenvalue weighted by atomic mass is 35.5. The molecule has 0 aliphatic rings. The van der Waals surface area contributed by atoms with E-state index in [-0.39, 0.29) is 37.2 Å². The van der Waals surface area contributed by atoms with E-state index in [2.05, 4.69) is 26.0 Å². The van der Waals surface area contributed by atoms with Crippen molar-refractivity contribution in [2.75, 3.05) is 13.1 Å². The van der Waals surface area contributed by atoms with Crippen LogP contribution < -0.4 is 0 Å². The Kier molecular flexibility index (Phi) is 51.2. The van der Waals surface area contributed by atoms with Crippen LogP contribution in [0.25, 0.3) is 0 Å². The molecule has 0 aliphatic heterocycles. The lowest BCUT2D eigenvalue weighted by atomic mass is 10.0.